The highest BCUT2D eigenvalue weighted by molar-refractivity contribution is 7.21. The summed E-state index contributed by atoms with van der Waals surface area (Å²) in [5.41, 5.74) is 3.20. The Balaban J connectivity index is 0.00000387. The van der Waals surface area contributed by atoms with Gasteiger partial charge < -0.3 is 15.0 Å². The fourth-order valence-corrected chi connectivity index (χ4v) is 6.92. The van der Waals surface area contributed by atoms with Crippen molar-refractivity contribution < 1.29 is 18.3 Å². The Morgan fingerprint density at radius 2 is 1.73 bits per heavy atom. The van der Waals surface area contributed by atoms with Crippen LogP contribution < -0.4 is 10.1 Å². The second-order valence-electron chi connectivity index (χ2n) is 9.92. The highest BCUT2D eigenvalue weighted by atomic mass is 35.5. The summed E-state index contributed by atoms with van der Waals surface area (Å²) in [4.78, 5) is 16.1. The van der Waals surface area contributed by atoms with E-state index in [1.54, 1.807) is 24.1 Å². The van der Waals surface area contributed by atoms with Gasteiger partial charge in [-0.25, -0.2) is 8.78 Å². The zero-order valence-corrected chi connectivity index (χ0v) is 24.9. The van der Waals surface area contributed by atoms with Gasteiger partial charge in [-0.05, 0) is 80.3 Å². The number of carbonyl (C=O) groups is 1. The molecule has 10 heteroatoms. The van der Waals surface area contributed by atoms with Crippen LogP contribution in [0.1, 0.15) is 46.5 Å². The van der Waals surface area contributed by atoms with Crippen LogP contribution in [0.2, 0.25) is 5.02 Å². The molecule has 1 aliphatic rings. The maximum absolute atomic E-state index is 14.6. The largest absolute Gasteiger partial charge is 0.496 e. The van der Waals surface area contributed by atoms with E-state index in [9.17, 15) is 13.6 Å². The predicted octanol–water partition coefficient (Wildman–Crippen LogP) is 7.97. The Labute approximate surface area is 253 Å². The van der Waals surface area contributed by atoms with Gasteiger partial charge in [-0.2, -0.15) is 5.26 Å². The van der Waals surface area contributed by atoms with Crippen molar-refractivity contribution in [1.29, 1.82) is 5.26 Å². The summed E-state index contributed by atoms with van der Waals surface area (Å²) in [6.07, 6.45) is 3.35. The van der Waals surface area contributed by atoms with E-state index >= 15 is 0 Å². The molecule has 1 N–H and O–H groups in total. The van der Waals surface area contributed by atoms with Crippen LogP contribution in [0.3, 0.4) is 0 Å². The number of hydrogen-bond acceptors (Lipinski definition) is 5. The normalized spacial score (nSPS) is 16.6. The molecule has 1 fully saturated rings. The first-order valence-corrected chi connectivity index (χ1v) is 14.3. The smallest absolute Gasteiger partial charge is 0.266 e. The highest BCUT2D eigenvalue weighted by Crippen LogP contribution is 2.40. The van der Waals surface area contributed by atoms with E-state index in [1.165, 1.54) is 0 Å². The number of methoxy groups -OCH3 is 1. The monoisotopic (exact) mass is 615 g/mol. The number of halogens is 4. The molecule has 0 atom stereocenters. The number of carbonyl (C=O) groups excluding carboxylic acids is 1. The van der Waals surface area contributed by atoms with E-state index < -0.39 is 11.6 Å². The Kier molecular flexibility index (Phi) is 9.88. The van der Waals surface area contributed by atoms with Crippen molar-refractivity contribution in [3.05, 3.63) is 87.3 Å². The van der Waals surface area contributed by atoms with E-state index in [1.807, 2.05) is 37.4 Å². The van der Waals surface area contributed by atoms with Gasteiger partial charge in [0.05, 0.1) is 33.9 Å². The van der Waals surface area contributed by atoms with Crippen LogP contribution in [0, 0.1) is 23.0 Å². The first-order valence-electron chi connectivity index (χ1n) is 13.1. The quantitative estimate of drug-likeness (QED) is 0.229. The number of nitrogens with zero attached hydrogens (tertiary/aromatic N) is 2. The van der Waals surface area contributed by atoms with Crippen LogP contribution in [-0.2, 0) is 6.54 Å². The zero-order valence-electron chi connectivity index (χ0n) is 22.5. The molecule has 5 rings (SSSR count). The highest BCUT2D eigenvalue weighted by Gasteiger charge is 2.33. The molecule has 1 aliphatic carbocycles. The molecular formula is C31H29Cl2F2N3O2S. The minimum atomic E-state index is -0.658. The topological polar surface area (TPSA) is 65.4 Å². The molecule has 0 saturated heterocycles. The minimum Gasteiger partial charge on any atom is -0.496 e. The Morgan fingerprint density at radius 3 is 2.34 bits per heavy atom. The Morgan fingerprint density at radius 1 is 1.07 bits per heavy atom. The molecule has 4 aromatic rings. The number of benzene rings is 3. The summed E-state index contributed by atoms with van der Waals surface area (Å²) >= 11 is 7.43. The van der Waals surface area contributed by atoms with Crippen LogP contribution in [0.4, 0.5) is 8.78 Å². The second-order valence-corrected chi connectivity index (χ2v) is 11.3. The summed E-state index contributed by atoms with van der Waals surface area (Å²) < 4.78 is 34.9. The molecule has 41 heavy (non-hydrogen) atoms. The number of thiophene rings is 1. The molecule has 0 aliphatic heterocycles. The van der Waals surface area contributed by atoms with Gasteiger partial charge >= 0.3 is 0 Å². The third-order valence-corrected chi connectivity index (χ3v) is 9.33. The number of hydrogen-bond donors (Lipinski definition) is 1. The van der Waals surface area contributed by atoms with E-state index in [-0.39, 0.29) is 50.9 Å². The van der Waals surface area contributed by atoms with Crippen LogP contribution >= 0.6 is 35.3 Å². The van der Waals surface area contributed by atoms with Gasteiger partial charge in [-0.15, -0.1) is 23.7 Å². The van der Waals surface area contributed by atoms with Crippen molar-refractivity contribution in [2.75, 3.05) is 14.2 Å². The number of rotatable bonds is 7. The van der Waals surface area contributed by atoms with E-state index in [0.717, 1.165) is 65.8 Å². The van der Waals surface area contributed by atoms with Gasteiger partial charge in [0.1, 0.15) is 22.3 Å². The molecule has 1 heterocycles. The Hall–Kier alpha value is -3.22. The van der Waals surface area contributed by atoms with Crippen LogP contribution in [-0.4, -0.2) is 37.0 Å². The molecule has 5 nitrogen and oxygen atoms in total. The fourth-order valence-electron chi connectivity index (χ4n) is 5.41. The van der Waals surface area contributed by atoms with Crippen LogP contribution in [0.25, 0.3) is 21.2 Å². The molecular weight excluding hydrogens is 587 g/mol. The molecule has 1 amide bonds. The Bertz CT molecular complexity index is 1600. The molecule has 214 valence electrons. The summed E-state index contributed by atoms with van der Waals surface area (Å²) in [6, 6.07) is 17.6. The van der Waals surface area contributed by atoms with Crippen molar-refractivity contribution in [1.82, 2.24) is 10.2 Å². The molecule has 0 bridgehead atoms. The van der Waals surface area contributed by atoms with Crippen LogP contribution in [0.15, 0.2) is 54.6 Å². The average Bonchev–Trinajstić information content (AvgIpc) is 3.35. The van der Waals surface area contributed by atoms with Crippen molar-refractivity contribution in [2.24, 2.45) is 0 Å². The third-order valence-electron chi connectivity index (χ3n) is 7.65. The van der Waals surface area contributed by atoms with Gasteiger partial charge in [0, 0.05) is 24.2 Å². The zero-order chi connectivity index (χ0) is 28.4. The lowest BCUT2D eigenvalue weighted by molar-refractivity contribution is 0.0604. The van der Waals surface area contributed by atoms with Crippen molar-refractivity contribution in [2.45, 2.75) is 44.3 Å². The molecule has 0 spiro atoms. The molecule has 0 unspecified atom stereocenters. The fraction of sp³-hybridized carbons (Fsp3) is 0.290. The lowest BCUT2D eigenvalue weighted by Gasteiger charge is -2.37. The summed E-state index contributed by atoms with van der Waals surface area (Å²) in [5.74, 6) is -1.00. The van der Waals surface area contributed by atoms with Crippen molar-refractivity contribution in [3.63, 3.8) is 0 Å². The van der Waals surface area contributed by atoms with Gasteiger partial charge in [-0.3, -0.25) is 4.79 Å². The van der Waals surface area contributed by atoms with Gasteiger partial charge in [0.25, 0.3) is 5.91 Å². The lowest BCUT2D eigenvalue weighted by Crippen LogP contribution is -2.44. The van der Waals surface area contributed by atoms with Crippen molar-refractivity contribution in [3.8, 4) is 22.9 Å². The second kappa shape index (κ2) is 13.2. The average molecular weight is 617 g/mol. The van der Waals surface area contributed by atoms with Gasteiger partial charge in [-0.1, -0.05) is 29.8 Å². The molecule has 0 radical (unpaired) electrons. The number of amides is 1. The summed E-state index contributed by atoms with van der Waals surface area (Å²) in [5, 5.41) is 12.3. The summed E-state index contributed by atoms with van der Waals surface area (Å²) in [7, 11) is 3.52. The SMILES string of the molecule is CNC1CCC(N(Cc2cc(-c3ccc(C#N)cc3)ccc2OC)C(=O)c2sc3c(F)ccc(F)c3c2Cl)CC1.Cl. The van der Waals surface area contributed by atoms with E-state index in [0.29, 0.717) is 17.4 Å². The third kappa shape index (κ3) is 6.19. The van der Waals surface area contributed by atoms with Crippen molar-refractivity contribution >= 4 is 51.3 Å². The number of fused-ring (bicyclic) bond motifs is 1. The minimum absolute atomic E-state index is 0. The lowest BCUT2D eigenvalue weighted by atomic mass is 9.89. The van der Waals surface area contributed by atoms with Crippen LogP contribution in [0.5, 0.6) is 5.75 Å². The number of nitriles is 1. The molecule has 1 aromatic heterocycles. The first-order chi connectivity index (χ1) is 19.3. The number of nitrogens with one attached hydrogen (secondary N) is 1. The first kappa shape index (κ1) is 30.7. The summed E-state index contributed by atoms with van der Waals surface area (Å²) in [6.45, 7) is 0.233. The maximum Gasteiger partial charge on any atom is 0.266 e. The van der Waals surface area contributed by atoms with Gasteiger partial charge in [0.15, 0.2) is 0 Å². The molecule has 1 saturated carbocycles. The maximum atomic E-state index is 14.6. The molecule has 3 aromatic carbocycles. The van der Waals surface area contributed by atoms with Gasteiger partial charge in [0.2, 0.25) is 0 Å². The van der Waals surface area contributed by atoms with E-state index in [4.69, 9.17) is 21.6 Å². The predicted molar refractivity (Wildman–Crippen MR) is 162 cm³/mol. The number of ether oxygens (including phenoxy) is 1. The standard InChI is InChI=1S/C31H28ClF2N3O2S.ClH/c1-36-22-8-10-23(11-9-22)37(31(38)30-28(32)27-24(33)12-13-25(34)29(27)40-30)17-21-15-20(7-14-26(21)39-2)19-5-3-18(16-35)4-6-19;/h3-7,12-15,22-23,36H,8-11,17H2,1-2H3;1H. The van der Waals surface area contributed by atoms with E-state index in [2.05, 4.69) is 11.4 Å².